The van der Waals surface area contributed by atoms with Gasteiger partial charge in [0.25, 0.3) is 0 Å². The lowest BCUT2D eigenvalue weighted by molar-refractivity contribution is 0.392. The van der Waals surface area contributed by atoms with Gasteiger partial charge in [-0.25, -0.2) is 0 Å². The van der Waals surface area contributed by atoms with Crippen LogP contribution in [0.25, 0.3) is 0 Å². The molecule has 1 aliphatic carbocycles. The summed E-state index contributed by atoms with van der Waals surface area (Å²) in [5.74, 6) is 2.66. The van der Waals surface area contributed by atoms with Crippen molar-refractivity contribution in [1.29, 1.82) is 0 Å². The molecule has 15 heavy (non-hydrogen) atoms. The third-order valence-electron chi connectivity index (χ3n) is 3.89. The van der Waals surface area contributed by atoms with Crippen LogP contribution in [-0.4, -0.2) is 20.2 Å². The maximum atomic E-state index is 5.44. The lowest BCUT2D eigenvalue weighted by Crippen LogP contribution is -2.19. The molecule has 0 saturated carbocycles. The molecule has 1 aromatic rings. The highest BCUT2D eigenvalue weighted by atomic mass is 16.5. The number of ether oxygens (including phenoxy) is 1. The molecule has 1 aromatic carbocycles. The summed E-state index contributed by atoms with van der Waals surface area (Å²) < 4.78 is 5.44. The highest BCUT2D eigenvalue weighted by molar-refractivity contribution is 5.44. The molecule has 80 valence electrons. The molecular weight excluding hydrogens is 186 g/mol. The third-order valence-corrected chi connectivity index (χ3v) is 3.89. The monoisotopic (exact) mass is 203 g/mol. The second kappa shape index (κ2) is 3.53. The van der Waals surface area contributed by atoms with Crippen LogP contribution in [0.1, 0.15) is 23.5 Å². The Kier molecular flexibility index (Phi) is 2.17. The summed E-state index contributed by atoms with van der Waals surface area (Å²) in [5, 5.41) is 3.50. The summed E-state index contributed by atoms with van der Waals surface area (Å²) >= 11 is 0. The van der Waals surface area contributed by atoms with Crippen LogP contribution in [0.2, 0.25) is 0 Å². The highest BCUT2D eigenvalue weighted by Gasteiger charge is 2.34. The predicted molar refractivity (Wildman–Crippen MR) is 60.4 cm³/mol. The van der Waals surface area contributed by atoms with Crippen LogP contribution in [-0.2, 0) is 6.42 Å². The van der Waals surface area contributed by atoms with Crippen LogP contribution in [0.5, 0.6) is 5.75 Å². The first-order valence-electron chi connectivity index (χ1n) is 5.76. The van der Waals surface area contributed by atoms with Crippen molar-refractivity contribution in [1.82, 2.24) is 5.32 Å². The number of fused-ring (bicyclic) bond motifs is 3. The highest BCUT2D eigenvalue weighted by Crippen LogP contribution is 2.41. The molecule has 0 amide bonds. The van der Waals surface area contributed by atoms with Gasteiger partial charge in [-0.05, 0) is 42.5 Å². The zero-order valence-corrected chi connectivity index (χ0v) is 9.12. The van der Waals surface area contributed by atoms with Gasteiger partial charge in [0.15, 0.2) is 0 Å². The number of nitrogens with one attached hydrogen (secondary N) is 1. The number of methoxy groups -OCH3 is 1. The van der Waals surface area contributed by atoms with Crippen molar-refractivity contribution in [3.63, 3.8) is 0 Å². The van der Waals surface area contributed by atoms with Gasteiger partial charge in [-0.1, -0.05) is 12.1 Å². The van der Waals surface area contributed by atoms with Crippen molar-refractivity contribution in [3.05, 3.63) is 29.3 Å². The zero-order valence-electron chi connectivity index (χ0n) is 9.12. The lowest BCUT2D eigenvalue weighted by atomic mass is 9.77. The summed E-state index contributed by atoms with van der Waals surface area (Å²) in [6.45, 7) is 2.34. The van der Waals surface area contributed by atoms with Crippen LogP contribution in [0.15, 0.2) is 18.2 Å². The van der Waals surface area contributed by atoms with E-state index in [4.69, 9.17) is 4.74 Å². The Morgan fingerprint density at radius 2 is 2.27 bits per heavy atom. The summed E-state index contributed by atoms with van der Waals surface area (Å²) in [6, 6.07) is 6.49. The van der Waals surface area contributed by atoms with E-state index in [1.165, 1.54) is 30.5 Å². The fraction of sp³-hybridized carbons (Fsp3) is 0.538. The molecule has 0 radical (unpaired) electrons. The van der Waals surface area contributed by atoms with Gasteiger partial charge in [-0.15, -0.1) is 0 Å². The second-order valence-corrected chi connectivity index (χ2v) is 4.59. The smallest absolute Gasteiger partial charge is 0.122 e. The van der Waals surface area contributed by atoms with Gasteiger partial charge >= 0.3 is 0 Å². The maximum absolute atomic E-state index is 5.44. The Hall–Kier alpha value is -1.02. The van der Waals surface area contributed by atoms with E-state index in [1.54, 1.807) is 7.11 Å². The van der Waals surface area contributed by atoms with E-state index in [1.807, 2.05) is 0 Å². The van der Waals surface area contributed by atoms with Crippen molar-refractivity contribution in [2.24, 2.45) is 5.92 Å². The summed E-state index contributed by atoms with van der Waals surface area (Å²) in [5.41, 5.74) is 2.97. The van der Waals surface area contributed by atoms with E-state index < -0.39 is 0 Å². The number of rotatable bonds is 1. The molecule has 2 aliphatic rings. The number of benzene rings is 1. The molecule has 0 spiro atoms. The molecule has 1 heterocycles. The quantitative estimate of drug-likeness (QED) is 0.753. The van der Waals surface area contributed by atoms with Crippen molar-refractivity contribution < 1.29 is 4.74 Å². The van der Waals surface area contributed by atoms with Crippen LogP contribution in [0.4, 0.5) is 0 Å². The van der Waals surface area contributed by atoms with Gasteiger partial charge in [-0.3, -0.25) is 0 Å². The maximum Gasteiger partial charge on any atom is 0.122 e. The first-order valence-corrected chi connectivity index (χ1v) is 5.76. The molecule has 2 atom stereocenters. The fourth-order valence-corrected chi connectivity index (χ4v) is 3.12. The first kappa shape index (κ1) is 9.22. The molecule has 2 heteroatoms. The Labute approximate surface area is 90.6 Å². The summed E-state index contributed by atoms with van der Waals surface area (Å²) in [6.07, 6.45) is 2.49. The van der Waals surface area contributed by atoms with Gasteiger partial charge in [-0.2, -0.15) is 0 Å². The Bertz CT molecular complexity index is 375. The van der Waals surface area contributed by atoms with Gasteiger partial charge in [0.2, 0.25) is 0 Å². The molecule has 1 saturated heterocycles. The normalized spacial score (nSPS) is 28.3. The van der Waals surface area contributed by atoms with Gasteiger partial charge in [0.05, 0.1) is 7.11 Å². The molecule has 2 nitrogen and oxygen atoms in total. The molecule has 0 bridgehead atoms. The van der Waals surface area contributed by atoms with E-state index in [2.05, 4.69) is 23.5 Å². The van der Waals surface area contributed by atoms with E-state index in [-0.39, 0.29) is 0 Å². The molecule has 0 unspecified atom stereocenters. The Balaban J connectivity index is 2.07. The van der Waals surface area contributed by atoms with Gasteiger partial charge < -0.3 is 10.1 Å². The molecule has 1 fully saturated rings. The first-order chi connectivity index (χ1) is 7.40. The minimum absolute atomic E-state index is 0.726. The minimum Gasteiger partial charge on any atom is -0.496 e. The zero-order chi connectivity index (χ0) is 10.3. The fourth-order valence-electron chi connectivity index (χ4n) is 3.12. The third kappa shape index (κ3) is 1.36. The molecule has 1 aliphatic heterocycles. The molecule has 0 aromatic heterocycles. The number of hydrogen-bond acceptors (Lipinski definition) is 2. The predicted octanol–water partition coefficient (Wildman–Crippen LogP) is 1.94. The van der Waals surface area contributed by atoms with Crippen LogP contribution < -0.4 is 10.1 Å². The topological polar surface area (TPSA) is 21.3 Å². The van der Waals surface area contributed by atoms with E-state index in [0.717, 1.165) is 24.1 Å². The van der Waals surface area contributed by atoms with Crippen LogP contribution in [0.3, 0.4) is 0 Å². The van der Waals surface area contributed by atoms with Crippen molar-refractivity contribution >= 4 is 0 Å². The summed E-state index contributed by atoms with van der Waals surface area (Å²) in [4.78, 5) is 0. The van der Waals surface area contributed by atoms with Crippen molar-refractivity contribution in [2.45, 2.75) is 18.8 Å². The van der Waals surface area contributed by atoms with E-state index >= 15 is 0 Å². The van der Waals surface area contributed by atoms with Crippen molar-refractivity contribution in [3.8, 4) is 5.75 Å². The van der Waals surface area contributed by atoms with Crippen LogP contribution >= 0.6 is 0 Å². The van der Waals surface area contributed by atoms with E-state index in [0.29, 0.717) is 0 Å². The van der Waals surface area contributed by atoms with Crippen molar-refractivity contribution in [2.75, 3.05) is 20.2 Å². The molecular formula is C13H17NO. The molecule has 1 N–H and O–H groups in total. The van der Waals surface area contributed by atoms with Crippen LogP contribution in [0, 0.1) is 5.92 Å². The lowest BCUT2D eigenvalue weighted by Gasteiger charge is -2.28. The Morgan fingerprint density at radius 1 is 1.33 bits per heavy atom. The average molecular weight is 203 g/mol. The Morgan fingerprint density at radius 3 is 3.13 bits per heavy atom. The van der Waals surface area contributed by atoms with E-state index in [9.17, 15) is 0 Å². The number of hydrogen-bond donors (Lipinski definition) is 1. The average Bonchev–Trinajstić information content (AvgIpc) is 2.76. The summed E-state index contributed by atoms with van der Waals surface area (Å²) in [7, 11) is 1.77. The standard InChI is InChI=1S/C13H17NO/c1-15-13-4-2-3-10-11(13)6-5-9-7-14-8-12(9)10/h2-4,9,12,14H,5-8H2,1H3/t9-,12+/m1/s1. The van der Waals surface area contributed by atoms with Gasteiger partial charge in [0, 0.05) is 12.5 Å². The SMILES string of the molecule is COc1cccc2c1CC[C@@H]1CNC[C@H]21. The minimum atomic E-state index is 0.726. The second-order valence-electron chi connectivity index (χ2n) is 4.59. The molecule has 3 rings (SSSR count). The van der Waals surface area contributed by atoms with Gasteiger partial charge in [0.1, 0.15) is 5.75 Å². The largest absolute Gasteiger partial charge is 0.496 e.